The number of amides is 1. The number of allylic oxidation sites excluding steroid dienone is 1. The highest BCUT2D eigenvalue weighted by molar-refractivity contribution is 5.96. The van der Waals surface area contributed by atoms with E-state index < -0.39 is 17.2 Å². The van der Waals surface area contributed by atoms with Gasteiger partial charge in [-0.3, -0.25) is 9.59 Å². The number of ketones is 1. The van der Waals surface area contributed by atoms with Crippen LogP contribution >= 0.6 is 0 Å². The molecule has 1 amide bonds. The minimum Gasteiger partial charge on any atom is -0.378 e. The first-order chi connectivity index (χ1) is 12.2. The van der Waals surface area contributed by atoms with E-state index in [1.54, 1.807) is 38.1 Å². The lowest BCUT2D eigenvalue weighted by atomic mass is 9.85. The number of hydrogen-bond donors (Lipinski definition) is 0. The topological polar surface area (TPSA) is 46.6 Å². The predicted octanol–water partition coefficient (Wildman–Crippen LogP) is 3.73. The van der Waals surface area contributed by atoms with Gasteiger partial charge in [0.15, 0.2) is 5.78 Å². The Balaban J connectivity index is 1.93. The van der Waals surface area contributed by atoms with E-state index in [0.29, 0.717) is 18.1 Å². The van der Waals surface area contributed by atoms with E-state index in [-0.39, 0.29) is 38.5 Å². The monoisotopic (exact) mass is 365 g/mol. The van der Waals surface area contributed by atoms with Crippen LogP contribution in [-0.2, 0) is 9.53 Å². The molecule has 1 fully saturated rings. The second-order valence-electron chi connectivity index (χ2n) is 7.14. The number of halogens is 2. The molecule has 0 aromatic heterocycles. The predicted molar refractivity (Wildman–Crippen MR) is 95.3 cm³/mol. The fourth-order valence-corrected chi connectivity index (χ4v) is 2.67. The molecule has 142 valence electrons. The Morgan fingerprint density at radius 2 is 1.73 bits per heavy atom. The normalized spacial score (nSPS) is 16.1. The van der Waals surface area contributed by atoms with Crippen molar-refractivity contribution < 1.29 is 23.1 Å². The molecule has 1 heterocycles. The van der Waals surface area contributed by atoms with Crippen molar-refractivity contribution in [2.75, 3.05) is 26.3 Å². The summed E-state index contributed by atoms with van der Waals surface area (Å²) in [4.78, 5) is 25.3. The number of benzene rings is 1. The zero-order chi connectivity index (χ0) is 19.2. The van der Waals surface area contributed by atoms with Gasteiger partial charge in [0, 0.05) is 25.1 Å². The number of carbonyl (C=O) groups is 2. The number of nitrogens with zero attached hydrogens (tertiary/aromatic N) is 1. The van der Waals surface area contributed by atoms with E-state index in [9.17, 15) is 18.4 Å². The summed E-state index contributed by atoms with van der Waals surface area (Å²) in [5.74, 6) is -4.78. The molecule has 0 atom stereocenters. The van der Waals surface area contributed by atoms with Crippen LogP contribution in [-0.4, -0.2) is 48.8 Å². The summed E-state index contributed by atoms with van der Waals surface area (Å²) in [7, 11) is 0. The van der Waals surface area contributed by atoms with E-state index in [4.69, 9.17) is 4.74 Å². The summed E-state index contributed by atoms with van der Waals surface area (Å²) < 4.78 is 33.5. The van der Waals surface area contributed by atoms with Gasteiger partial charge in [-0.15, -0.1) is 0 Å². The van der Waals surface area contributed by atoms with Crippen molar-refractivity contribution in [2.45, 2.75) is 32.6 Å². The molecule has 1 aromatic rings. The maximum atomic E-state index is 14.2. The Morgan fingerprint density at radius 3 is 2.35 bits per heavy atom. The van der Waals surface area contributed by atoms with Crippen molar-refractivity contribution in [2.24, 2.45) is 5.41 Å². The highest BCUT2D eigenvalue weighted by atomic mass is 19.3. The highest BCUT2D eigenvalue weighted by Crippen LogP contribution is 2.29. The van der Waals surface area contributed by atoms with Crippen molar-refractivity contribution in [3.05, 3.63) is 48.0 Å². The molecule has 6 heteroatoms. The van der Waals surface area contributed by atoms with Crippen molar-refractivity contribution in [1.29, 1.82) is 0 Å². The second kappa shape index (κ2) is 8.54. The van der Waals surface area contributed by atoms with Gasteiger partial charge in [0.05, 0.1) is 13.2 Å². The van der Waals surface area contributed by atoms with Gasteiger partial charge in [-0.25, -0.2) is 0 Å². The third-order valence-electron chi connectivity index (χ3n) is 4.42. The molecule has 0 saturated carbocycles. The third kappa shape index (κ3) is 5.73. The van der Waals surface area contributed by atoms with Crippen LogP contribution in [0.4, 0.5) is 8.78 Å². The summed E-state index contributed by atoms with van der Waals surface area (Å²) >= 11 is 0. The largest absolute Gasteiger partial charge is 0.378 e. The maximum Gasteiger partial charge on any atom is 0.343 e. The molecule has 0 radical (unpaired) electrons. The van der Waals surface area contributed by atoms with Gasteiger partial charge < -0.3 is 9.64 Å². The smallest absolute Gasteiger partial charge is 0.343 e. The van der Waals surface area contributed by atoms with Gasteiger partial charge in [0.2, 0.25) is 0 Å². The van der Waals surface area contributed by atoms with Crippen LogP contribution < -0.4 is 0 Å². The van der Waals surface area contributed by atoms with Gasteiger partial charge in [-0.2, -0.15) is 8.78 Å². The number of Topliss-reactive ketones (excluding diaryl/α,β-unsaturated/α-hetero) is 1. The van der Waals surface area contributed by atoms with E-state index in [2.05, 4.69) is 0 Å². The molecule has 1 saturated heterocycles. The molecule has 1 aliphatic rings. The van der Waals surface area contributed by atoms with Crippen molar-refractivity contribution in [3.8, 4) is 0 Å². The number of rotatable bonds is 7. The van der Waals surface area contributed by atoms with Crippen LogP contribution in [0.5, 0.6) is 0 Å². The molecule has 0 aliphatic carbocycles. The minimum absolute atomic E-state index is 0.0248. The Kier molecular flexibility index (Phi) is 6.64. The molecule has 26 heavy (non-hydrogen) atoms. The summed E-state index contributed by atoms with van der Waals surface area (Å²) in [6.45, 7) is 4.46. The van der Waals surface area contributed by atoms with E-state index in [0.717, 1.165) is 4.90 Å². The zero-order valence-electron chi connectivity index (χ0n) is 15.2. The Bertz CT molecular complexity index is 650. The molecule has 0 bridgehead atoms. The number of carbonyl (C=O) groups excluding carboxylic acids is 2. The average Bonchev–Trinajstić information content (AvgIpc) is 2.65. The molecule has 0 unspecified atom stereocenters. The van der Waals surface area contributed by atoms with Gasteiger partial charge in [-0.05, 0) is 17.9 Å². The maximum absolute atomic E-state index is 14.2. The van der Waals surface area contributed by atoms with Crippen LogP contribution in [0.3, 0.4) is 0 Å². The standard InChI is InChI=1S/C20H25F2NO3/c1-19(2,9-8-17(24)16-6-4-3-5-7-16)10-11-20(21,22)18(25)23-12-14-26-15-13-23/h3-7,10-11H,8-9,12-15H2,1-2H3/b11-10+. The number of morpholine rings is 1. The van der Waals surface area contributed by atoms with Crippen molar-refractivity contribution >= 4 is 11.7 Å². The first kappa shape index (κ1) is 20.2. The summed E-state index contributed by atoms with van der Waals surface area (Å²) in [5.41, 5.74) is -0.0146. The lowest BCUT2D eigenvalue weighted by Crippen LogP contribution is -2.48. The van der Waals surface area contributed by atoms with Crippen molar-refractivity contribution in [3.63, 3.8) is 0 Å². The summed E-state index contributed by atoms with van der Waals surface area (Å²) in [6.07, 6.45) is 2.67. The highest BCUT2D eigenvalue weighted by Gasteiger charge is 2.40. The van der Waals surface area contributed by atoms with Gasteiger partial charge >= 0.3 is 5.92 Å². The van der Waals surface area contributed by atoms with Crippen LogP contribution in [0.15, 0.2) is 42.5 Å². The van der Waals surface area contributed by atoms with E-state index in [1.807, 2.05) is 6.07 Å². The fraction of sp³-hybridized carbons (Fsp3) is 0.500. The molecule has 2 rings (SSSR count). The second-order valence-corrected chi connectivity index (χ2v) is 7.14. The van der Waals surface area contributed by atoms with Crippen molar-refractivity contribution in [1.82, 2.24) is 4.90 Å². The molecule has 1 aromatic carbocycles. The molecular formula is C20H25F2NO3. The Hall–Kier alpha value is -2.08. The van der Waals surface area contributed by atoms with Gasteiger partial charge in [-0.1, -0.05) is 50.3 Å². The van der Waals surface area contributed by atoms with Crippen LogP contribution in [0.25, 0.3) is 0 Å². The Morgan fingerprint density at radius 1 is 1.12 bits per heavy atom. The molecule has 4 nitrogen and oxygen atoms in total. The van der Waals surface area contributed by atoms with E-state index >= 15 is 0 Å². The molecule has 0 spiro atoms. The minimum atomic E-state index is -3.56. The third-order valence-corrected chi connectivity index (χ3v) is 4.42. The number of hydrogen-bond acceptors (Lipinski definition) is 3. The first-order valence-corrected chi connectivity index (χ1v) is 8.75. The quantitative estimate of drug-likeness (QED) is 0.546. The van der Waals surface area contributed by atoms with Gasteiger partial charge in [0.25, 0.3) is 5.91 Å². The first-order valence-electron chi connectivity index (χ1n) is 8.75. The Labute approximate surface area is 152 Å². The summed E-state index contributed by atoms with van der Waals surface area (Å²) in [6, 6.07) is 8.88. The SMILES string of the molecule is CC(C)(/C=C/C(F)(F)C(=O)N1CCOCC1)CCC(=O)c1ccccc1. The summed E-state index contributed by atoms with van der Waals surface area (Å²) in [5, 5.41) is 0. The van der Waals surface area contributed by atoms with Crippen LogP contribution in [0, 0.1) is 5.41 Å². The number of alkyl halides is 2. The average molecular weight is 365 g/mol. The lowest BCUT2D eigenvalue weighted by Gasteiger charge is -2.29. The molecule has 1 aliphatic heterocycles. The lowest BCUT2D eigenvalue weighted by molar-refractivity contribution is -0.155. The zero-order valence-corrected chi connectivity index (χ0v) is 15.2. The molecular weight excluding hydrogens is 340 g/mol. The van der Waals surface area contributed by atoms with Gasteiger partial charge in [0.1, 0.15) is 0 Å². The van der Waals surface area contributed by atoms with E-state index in [1.165, 1.54) is 6.08 Å². The molecule has 0 N–H and O–H groups in total. The number of ether oxygens (including phenoxy) is 1. The fourth-order valence-electron chi connectivity index (χ4n) is 2.67. The van der Waals surface area contributed by atoms with Crippen LogP contribution in [0.2, 0.25) is 0 Å². The van der Waals surface area contributed by atoms with Crippen LogP contribution in [0.1, 0.15) is 37.0 Å².